The Hall–Kier alpha value is -2.66. The SMILES string of the molecule is CSc1ccc(CN(C)C(=O)/C=C/c2cnc3ccccc3n2)cc1. The molecule has 0 saturated heterocycles. The highest BCUT2D eigenvalue weighted by molar-refractivity contribution is 7.98. The fourth-order valence-corrected chi connectivity index (χ4v) is 2.83. The van der Waals surface area contributed by atoms with Crippen molar-refractivity contribution in [1.82, 2.24) is 14.9 Å². The van der Waals surface area contributed by atoms with Gasteiger partial charge in [-0.15, -0.1) is 11.8 Å². The van der Waals surface area contributed by atoms with Gasteiger partial charge in [-0.1, -0.05) is 24.3 Å². The van der Waals surface area contributed by atoms with E-state index < -0.39 is 0 Å². The molecule has 1 aromatic heterocycles. The molecule has 2 aromatic carbocycles. The number of carbonyl (C=O) groups is 1. The Morgan fingerprint density at radius 3 is 2.56 bits per heavy atom. The van der Waals surface area contributed by atoms with E-state index in [4.69, 9.17) is 0 Å². The Bertz CT molecular complexity index is 906. The van der Waals surface area contributed by atoms with Crippen LogP contribution in [0.4, 0.5) is 0 Å². The van der Waals surface area contributed by atoms with Crippen LogP contribution in [0.15, 0.2) is 65.7 Å². The van der Waals surface area contributed by atoms with Gasteiger partial charge in [-0.05, 0) is 42.2 Å². The van der Waals surface area contributed by atoms with Crippen LogP contribution in [0.3, 0.4) is 0 Å². The number of hydrogen-bond donors (Lipinski definition) is 0. The third kappa shape index (κ3) is 4.45. The first-order valence-electron chi connectivity index (χ1n) is 7.93. The monoisotopic (exact) mass is 349 g/mol. The maximum atomic E-state index is 12.3. The summed E-state index contributed by atoms with van der Waals surface area (Å²) in [5.74, 6) is -0.0658. The maximum Gasteiger partial charge on any atom is 0.246 e. The molecule has 126 valence electrons. The lowest BCUT2D eigenvalue weighted by atomic mass is 10.2. The third-order valence-corrected chi connectivity index (χ3v) is 4.56. The summed E-state index contributed by atoms with van der Waals surface area (Å²) in [7, 11) is 1.79. The molecule has 5 heteroatoms. The van der Waals surface area contributed by atoms with E-state index in [0.717, 1.165) is 16.6 Å². The average molecular weight is 349 g/mol. The van der Waals surface area contributed by atoms with E-state index in [2.05, 4.69) is 22.1 Å². The van der Waals surface area contributed by atoms with E-state index in [-0.39, 0.29) is 5.91 Å². The number of rotatable bonds is 5. The molecule has 0 aliphatic rings. The van der Waals surface area contributed by atoms with E-state index in [9.17, 15) is 4.79 Å². The van der Waals surface area contributed by atoms with Crippen molar-refractivity contribution in [2.75, 3.05) is 13.3 Å². The van der Waals surface area contributed by atoms with Gasteiger partial charge in [-0.25, -0.2) is 4.98 Å². The summed E-state index contributed by atoms with van der Waals surface area (Å²) < 4.78 is 0. The molecule has 1 amide bonds. The zero-order valence-corrected chi connectivity index (χ0v) is 15.0. The minimum atomic E-state index is -0.0658. The normalized spacial score (nSPS) is 11.1. The number of aromatic nitrogens is 2. The summed E-state index contributed by atoms with van der Waals surface area (Å²) in [5.41, 5.74) is 3.44. The van der Waals surface area contributed by atoms with Gasteiger partial charge < -0.3 is 4.90 Å². The van der Waals surface area contributed by atoms with Crippen LogP contribution >= 0.6 is 11.8 Å². The van der Waals surface area contributed by atoms with Crippen molar-refractivity contribution in [2.45, 2.75) is 11.4 Å². The number of thioether (sulfide) groups is 1. The van der Waals surface area contributed by atoms with Crippen LogP contribution in [-0.2, 0) is 11.3 Å². The molecule has 0 spiro atoms. The Kier molecular flexibility index (Phi) is 5.46. The number of carbonyl (C=O) groups excluding carboxylic acids is 1. The number of para-hydroxylation sites is 2. The van der Waals surface area contributed by atoms with Crippen LogP contribution in [-0.4, -0.2) is 34.1 Å². The van der Waals surface area contributed by atoms with Gasteiger partial charge >= 0.3 is 0 Å². The third-order valence-electron chi connectivity index (χ3n) is 3.82. The molecule has 1 heterocycles. The van der Waals surface area contributed by atoms with Crippen molar-refractivity contribution in [3.05, 3.63) is 72.1 Å². The number of nitrogens with zero attached hydrogens (tertiary/aromatic N) is 3. The molecule has 0 unspecified atom stereocenters. The van der Waals surface area contributed by atoms with Crippen molar-refractivity contribution in [2.24, 2.45) is 0 Å². The van der Waals surface area contributed by atoms with Gasteiger partial charge in [0.05, 0.1) is 22.9 Å². The van der Waals surface area contributed by atoms with Crippen LogP contribution in [0.2, 0.25) is 0 Å². The summed E-state index contributed by atoms with van der Waals surface area (Å²) >= 11 is 1.70. The predicted molar refractivity (Wildman–Crippen MR) is 103 cm³/mol. The second kappa shape index (κ2) is 7.94. The topological polar surface area (TPSA) is 46.1 Å². The van der Waals surface area contributed by atoms with Gasteiger partial charge in [0.15, 0.2) is 0 Å². The summed E-state index contributed by atoms with van der Waals surface area (Å²) in [6.45, 7) is 0.571. The lowest BCUT2D eigenvalue weighted by molar-refractivity contribution is -0.125. The van der Waals surface area contributed by atoms with E-state index in [0.29, 0.717) is 12.2 Å². The Labute approximate surface area is 151 Å². The van der Waals surface area contributed by atoms with E-state index >= 15 is 0 Å². The molecule has 0 aliphatic heterocycles. The summed E-state index contributed by atoms with van der Waals surface area (Å²) in [5, 5.41) is 0. The van der Waals surface area contributed by atoms with Gasteiger partial charge in [0.2, 0.25) is 5.91 Å². The molecule has 0 atom stereocenters. The molecule has 0 radical (unpaired) electrons. The van der Waals surface area contributed by atoms with Crippen molar-refractivity contribution in [3.63, 3.8) is 0 Å². The Balaban J connectivity index is 1.65. The van der Waals surface area contributed by atoms with E-state index in [1.54, 1.807) is 36.0 Å². The fourth-order valence-electron chi connectivity index (χ4n) is 2.42. The highest BCUT2D eigenvalue weighted by Gasteiger charge is 2.06. The van der Waals surface area contributed by atoms with Crippen LogP contribution in [0.25, 0.3) is 17.1 Å². The first-order valence-corrected chi connectivity index (χ1v) is 9.16. The van der Waals surface area contributed by atoms with Gasteiger partial charge in [0.25, 0.3) is 0 Å². The van der Waals surface area contributed by atoms with E-state index in [1.165, 1.54) is 11.0 Å². The number of benzene rings is 2. The summed E-state index contributed by atoms with van der Waals surface area (Å²) in [4.78, 5) is 24.0. The molecule has 0 bridgehead atoms. The first-order chi connectivity index (χ1) is 12.2. The van der Waals surface area contributed by atoms with Crippen molar-refractivity contribution >= 4 is 34.8 Å². The number of amides is 1. The first kappa shape index (κ1) is 17.2. The van der Waals surface area contributed by atoms with Crippen molar-refractivity contribution in [1.29, 1.82) is 0 Å². The van der Waals surface area contributed by atoms with Crippen molar-refractivity contribution in [3.8, 4) is 0 Å². The zero-order chi connectivity index (χ0) is 17.6. The summed E-state index contributed by atoms with van der Waals surface area (Å²) in [6, 6.07) is 15.9. The van der Waals surface area contributed by atoms with Gasteiger partial charge in [0.1, 0.15) is 0 Å². The minimum absolute atomic E-state index is 0.0658. The number of hydrogen-bond acceptors (Lipinski definition) is 4. The van der Waals surface area contributed by atoms with E-state index in [1.807, 2.05) is 42.7 Å². The highest BCUT2D eigenvalue weighted by Crippen LogP contribution is 2.16. The lowest BCUT2D eigenvalue weighted by Gasteiger charge is -2.15. The van der Waals surface area contributed by atoms with Crippen LogP contribution in [0.1, 0.15) is 11.3 Å². The van der Waals surface area contributed by atoms with Crippen LogP contribution in [0, 0.1) is 0 Å². The second-order valence-electron chi connectivity index (χ2n) is 5.66. The van der Waals surface area contributed by atoms with Gasteiger partial charge in [-0.3, -0.25) is 9.78 Å². The highest BCUT2D eigenvalue weighted by atomic mass is 32.2. The average Bonchev–Trinajstić information content (AvgIpc) is 2.66. The molecule has 3 aromatic rings. The van der Waals surface area contributed by atoms with Gasteiger partial charge in [0, 0.05) is 24.6 Å². The predicted octanol–water partition coefficient (Wildman–Crippen LogP) is 4.02. The molecule has 0 aliphatic carbocycles. The molecular weight excluding hydrogens is 330 g/mol. The fraction of sp³-hybridized carbons (Fsp3) is 0.150. The molecule has 0 fully saturated rings. The quantitative estimate of drug-likeness (QED) is 0.515. The number of fused-ring (bicyclic) bond motifs is 1. The Morgan fingerprint density at radius 1 is 1.12 bits per heavy atom. The molecule has 3 rings (SSSR count). The van der Waals surface area contributed by atoms with Crippen LogP contribution in [0.5, 0.6) is 0 Å². The van der Waals surface area contributed by atoms with Crippen molar-refractivity contribution < 1.29 is 4.79 Å². The minimum Gasteiger partial charge on any atom is -0.338 e. The summed E-state index contributed by atoms with van der Waals surface area (Å²) in [6.07, 6.45) is 6.96. The Morgan fingerprint density at radius 2 is 1.84 bits per heavy atom. The maximum absolute atomic E-state index is 12.3. The standard InChI is InChI=1S/C20H19N3OS/c1-23(14-15-7-10-17(25-2)11-8-15)20(24)12-9-16-13-21-18-5-3-4-6-19(18)22-16/h3-13H,14H2,1-2H3/b12-9+. The molecule has 4 nitrogen and oxygen atoms in total. The molecule has 0 saturated carbocycles. The smallest absolute Gasteiger partial charge is 0.246 e. The number of likely N-dealkylation sites (N-methyl/N-ethyl adjacent to an activating group) is 1. The second-order valence-corrected chi connectivity index (χ2v) is 6.54. The largest absolute Gasteiger partial charge is 0.338 e. The lowest BCUT2D eigenvalue weighted by Crippen LogP contribution is -2.24. The zero-order valence-electron chi connectivity index (χ0n) is 14.2. The molecular formula is C20H19N3OS. The molecule has 25 heavy (non-hydrogen) atoms. The van der Waals surface area contributed by atoms with Gasteiger partial charge in [-0.2, -0.15) is 0 Å². The molecule has 0 N–H and O–H groups in total. The van der Waals surface area contributed by atoms with Crippen LogP contribution < -0.4 is 0 Å².